The van der Waals surface area contributed by atoms with Gasteiger partial charge in [0.1, 0.15) is 5.60 Å². The van der Waals surface area contributed by atoms with E-state index in [1.807, 2.05) is 0 Å². The molecule has 0 atom stereocenters. The molecule has 1 fully saturated rings. The molecule has 0 spiro atoms. The van der Waals surface area contributed by atoms with E-state index in [-0.39, 0.29) is 0 Å². The third-order valence-corrected chi connectivity index (χ3v) is 4.88. The quantitative estimate of drug-likeness (QED) is 0.215. The second kappa shape index (κ2) is 8.84. The lowest BCUT2D eigenvalue weighted by atomic mass is 9.86. The van der Waals surface area contributed by atoms with Crippen molar-refractivity contribution in [2.24, 2.45) is 0 Å². The highest BCUT2D eigenvalue weighted by molar-refractivity contribution is 7.96. The van der Waals surface area contributed by atoms with Gasteiger partial charge in [0.05, 0.1) is 12.0 Å². The Morgan fingerprint density at radius 1 is 1.04 bits per heavy atom. The van der Waals surface area contributed by atoms with Crippen molar-refractivity contribution in [3.8, 4) is 0 Å². The highest BCUT2D eigenvalue weighted by atomic mass is 32.2. The first-order chi connectivity index (χ1) is 12.3. The minimum atomic E-state index is -6.26. The van der Waals surface area contributed by atoms with Gasteiger partial charge in [0, 0.05) is 0 Å². The van der Waals surface area contributed by atoms with E-state index in [0.717, 1.165) is 19.3 Å². The fraction of sp³-hybridized carbons (Fsp3) is 0.846. The van der Waals surface area contributed by atoms with Gasteiger partial charge in [0.25, 0.3) is 0 Å². The number of halogens is 6. The number of alkyl halides is 6. The summed E-state index contributed by atoms with van der Waals surface area (Å²) in [5.74, 6) is -4.18. The van der Waals surface area contributed by atoms with E-state index in [1.54, 1.807) is 6.92 Å². The minimum absolute atomic E-state index is 0.458. The zero-order valence-corrected chi connectivity index (χ0v) is 14.6. The minimum Gasteiger partial charge on any atom is -0.457 e. The number of esters is 2. The maximum atomic E-state index is 13.0. The molecule has 1 N–H and O–H groups in total. The largest absolute Gasteiger partial charge is 0.457 e. The highest BCUT2D eigenvalue weighted by Gasteiger charge is 2.79. The fourth-order valence-electron chi connectivity index (χ4n) is 2.52. The second-order valence-electron chi connectivity index (χ2n) is 5.96. The third kappa shape index (κ3) is 5.62. The van der Waals surface area contributed by atoms with Crippen molar-refractivity contribution < 1.29 is 60.0 Å². The van der Waals surface area contributed by atoms with Crippen molar-refractivity contribution in [1.82, 2.24) is 0 Å². The molecular formula is C13H16F6O7S. The van der Waals surface area contributed by atoms with E-state index >= 15 is 0 Å². The zero-order valence-electron chi connectivity index (χ0n) is 13.8. The standard InChI is InChI=1S/C13H16F6O7S/c1-10(5-3-2-4-6-10)24-8(20)7-23-9(21)11(12(14,15)16,13(17,18)19)27-26-25-22/h22H,2-7H2,1H3. The Hall–Kier alpha value is -1.25. The van der Waals surface area contributed by atoms with Crippen LogP contribution in [-0.2, 0) is 28.4 Å². The highest BCUT2D eigenvalue weighted by Crippen LogP contribution is 2.53. The van der Waals surface area contributed by atoms with Crippen LogP contribution in [0.4, 0.5) is 26.3 Å². The molecule has 0 unspecified atom stereocenters. The van der Waals surface area contributed by atoms with Crippen molar-refractivity contribution in [3.05, 3.63) is 0 Å². The lowest BCUT2D eigenvalue weighted by Crippen LogP contribution is -2.60. The fourth-order valence-corrected chi connectivity index (χ4v) is 2.97. The topological polar surface area (TPSA) is 91.3 Å². The van der Waals surface area contributed by atoms with Crippen molar-refractivity contribution in [1.29, 1.82) is 0 Å². The molecule has 0 radical (unpaired) electrons. The van der Waals surface area contributed by atoms with Gasteiger partial charge in [-0.3, -0.25) is 0 Å². The molecule has 1 saturated carbocycles. The van der Waals surface area contributed by atoms with Crippen molar-refractivity contribution >= 4 is 24.0 Å². The van der Waals surface area contributed by atoms with Gasteiger partial charge in [-0.05, 0) is 32.6 Å². The van der Waals surface area contributed by atoms with Gasteiger partial charge in [-0.1, -0.05) is 11.5 Å². The third-order valence-electron chi connectivity index (χ3n) is 3.87. The summed E-state index contributed by atoms with van der Waals surface area (Å²) in [5.41, 5.74) is -0.935. The SMILES string of the molecule is CC1(OC(=O)COC(=O)C(SOOO)(C(F)(F)F)C(F)(F)F)CCCCC1. The maximum Gasteiger partial charge on any atom is 0.425 e. The van der Waals surface area contributed by atoms with Gasteiger partial charge < -0.3 is 9.47 Å². The van der Waals surface area contributed by atoms with E-state index in [2.05, 4.69) is 14.1 Å². The Morgan fingerprint density at radius 3 is 2.00 bits per heavy atom. The van der Waals surface area contributed by atoms with E-state index in [9.17, 15) is 35.9 Å². The van der Waals surface area contributed by atoms with Crippen LogP contribution in [0.25, 0.3) is 0 Å². The Morgan fingerprint density at radius 2 is 1.56 bits per heavy atom. The van der Waals surface area contributed by atoms with Gasteiger partial charge in [-0.15, -0.1) is 4.33 Å². The molecule has 158 valence electrons. The van der Waals surface area contributed by atoms with E-state index in [1.165, 1.54) is 0 Å². The Kier molecular flexibility index (Phi) is 7.78. The van der Waals surface area contributed by atoms with Crippen LogP contribution in [0.5, 0.6) is 0 Å². The van der Waals surface area contributed by atoms with Crippen LogP contribution >= 0.6 is 12.0 Å². The van der Waals surface area contributed by atoms with E-state index < -0.39 is 53.3 Å². The van der Waals surface area contributed by atoms with Crippen molar-refractivity contribution in [2.75, 3.05) is 6.61 Å². The summed E-state index contributed by atoms with van der Waals surface area (Å²) in [7, 11) is 0. The van der Waals surface area contributed by atoms with Crippen LogP contribution in [0, 0.1) is 0 Å². The lowest BCUT2D eigenvalue weighted by molar-refractivity contribution is -0.434. The number of hydrogen-bond acceptors (Lipinski definition) is 8. The van der Waals surface area contributed by atoms with Gasteiger partial charge in [0.2, 0.25) is 0 Å². The number of ether oxygens (including phenoxy) is 2. The summed E-state index contributed by atoms with van der Waals surface area (Å²) >= 11 is -1.57. The molecule has 7 nitrogen and oxygen atoms in total. The summed E-state index contributed by atoms with van der Waals surface area (Å²) in [4.78, 5) is 23.3. The molecule has 1 aliphatic carbocycles. The van der Waals surface area contributed by atoms with E-state index in [0.29, 0.717) is 12.8 Å². The van der Waals surface area contributed by atoms with Crippen LogP contribution in [0.15, 0.2) is 0 Å². The summed E-state index contributed by atoms with van der Waals surface area (Å²) in [5, 5.41) is 10.6. The zero-order chi connectivity index (χ0) is 20.9. The van der Waals surface area contributed by atoms with Crippen molar-refractivity contribution in [2.45, 2.75) is 61.7 Å². The first-order valence-electron chi connectivity index (χ1n) is 7.47. The molecule has 14 heteroatoms. The number of carbonyl (C=O) groups excluding carboxylic acids is 2. The molecule has 0 aromatic carbocycles. The number of rotatable bonds is 7. The molecule has 0 heterocycles. The average molecular weight is 430 g/mol. The first-order valence-corrected chi connectivity index (χ1v) is 8.22. The van der Waals surface area contributed by atoms with Crippen LogP contribution in [0.2, 0.25) is 0 Å². The van der Waals surface area contributed by atoms with Crippen LogP contribution in [-0.4, -0.2) is 46.5 Å². The molecule has 0 saturated heterocycles. The van der Waals surface area contributed by atoms with Crippen LogP contribution in [0.3, 0.4) is 0 Å². The predicted octanol–water partition coefficient (Wildman–Crippen LogP) is 3.73. The molecule has 0 aromatic rings. The normalized spacial score (nSPS) is 18.1. The summed E-state index contributed by atoms with van der Waals surface area (Å²) in [6.07, 6.45) is -9.26. The number of carbonyl (C=O) groups is 2. The Bertz CT molecular complexity index is 516. The first kappa shape index (κ1) is 23.8. The smallest absolute Gasteiger partial charge is 0.425 e. The average Bonchev–Trinajstić information content (AvgIpc) is 2.51. The second-order valence-corrected chi connectivity index (χ2v) is 6.88. The van der Waals surface area contributed by atoms with Gasteiger partial charge in [-0.25, -0.2) is 14.8 Å². The maximum absolute atomic E-state index is 13.0. The molecule has 0 aromatic heterocycles. The van der Waals surface area contributed by atoms with Gasteiger partial charge in [0.15, 0.2) is 6.61 Å². The predicted molar refractivity (Wildman–Crippen MR) is 75.8 cm³/mol. The molecular weight excluding hydrogens is 414 g/mol. The summed E-state index contributed by atoms with van der Waals surface area (Å²) < 4.78 is 85.1. The Balaban J connectivity index is 2.88. The molecule has 27 heavy (non-hydrogen) atoms. The molecule has 0 aliphatic heterocycles. The van der Waals surface area contributed by atoms with Crippen LogP contribution in [0.1, 0.15) is 39.0 Å². The summed E-state index contributed by atoms with van der Waals surface area (Å²) in [6, 6.07) is 0. The molecule has 1 rings (SSSR count). The summed E-state index contributed by atoms with van der Waals surface area (Å²) in [6.45, 7) is 0.0900. The van der Waals surface area contributed by atoms with Crippen LogP contribution < -0.4 is 0 Å². The molecule has 0 amide bonds. The Labute approximate surface area is 153 Å². The molecule has 1 aliphatic rings. The van der Waals surface area contributed by atoms with Crippen molar-refractivity contribution in [3.63, 3.8) is 0 Å². The molecule has 0 bridgehead atoms. The number of hydrogen-bond donors (Lipinski definition) is 1. The monoisotopic (exact) mass is 430 g/mol. The lowest BCUT2D eigenvalue weighted by Gasteiger charge is -2.34. The van der Waals surface area contributed by atoms with Gasteiger partial charge >= 0.3 is 29.0 Å². The van der Waals surface area contributed by atoms with Gasteiger partial charge in [-0.2, -0.15) is 26.3 Å². The van der Waals surface area contributed by atoms with E-state index in [4.69, 9.17) is 9.99 Å².